The molecule has 1 aliphatic heterocycles. The van der Waals surface area contributed by atoms with Crippen LogP contribution in [-0.2, 0) is 11.3 Å². The van der Waals surface area contributed by atoms with Gasteiger partial charge >= 0.3 is 0 Å². The van der Waals surface area contributed by atoms with E-state index in [1.54, 1.807) is 14.0 Å². The van der Waals surface area contributed by atoms with E-state index in [4.69, 9.17) is 14.5 Å². The van der Waals surface area contributed by atoms with E-state index in [1.807, 2.05) is 47.4 Å². The first kappa shape index (κ1) is 19.3. The number of hydrogen-bond acceptors (Lipinski definition) is 4. The number of aryl methyl sites for hydroxylation is 1. The zero-order valence-corrected chi connectivity index (χ0v) is 17.0. The molecule has 3 aromatic rings. The molecule has 0 aliphatic carbocycles. The fraction of sp³-hybridized carbons (Fsp3) is 0.391. The van der Waals surface area contributed by atoms with E-state index >= 15 is 0 Å². The van der Waals surface area contributed by atoms with Crippen LogP contribution in [0.3, 0.4) is 0 Å². The first-order valence-corrected chi connectivity index (χ1v) is 10.2. The number of carbonyl (C=O) groups is 1. The lowest BCUT2D eigenvalue weighted by atomic mass is 10.2. The lowest BCUT2D eigenvalue weighted by Gasteiger charge is -2.24. The van der Waals surface area contributed by atoms with Crippen molar-refractivity contribution in [2.45, 2.75) is 38.8 Å². The van der Waals surface area contributed by atoms with Crippen LogP contribution in [0, 0.1) is 0 Å². The molecule has 1 aliphatic rings. The number of methoxy groups -OCH3 is 1. The second-order valence-electron chi connectivity index (χ2n) is 7.33. The lowest BCUT2D eigenvalue weighted by molar-refractivity contribution is -0.129. The summed E-state index contributed by atoms with van der Waals surface area (Å²) in [6.45, 7) is 3.81. The molecule has 1 atom stereocenters. The molecule has 0 N–H and O–H groups in total. The van der Waals surface area contributed by atoms with Crippen molar-refractivity contribution in [2.24, 2.45) is 0 Å². The van der Waals surface area contributed by atoms with E-state index in [9.17, 15) is 4.79 Å². The quantitative estimate of drug-likeness (QED) is 0.565. The number of hydrogen-bond donors (Lipinski definition) is 0. The van der Waals surface area contributed by atoms with Gasteiger partial charge < -0.3 is 18.9 Å². The second-order valence-corrected chi connectivity index (χ2v) is 7.33. The summed E-state index contributed by atoms with van der Waals surface area (Å²) in [4.78, 5) is 18.9. The zero-order valence-electron chi connectivity index (χ0n) is 17.0. The third-order valence-electron chi connectivity index (χ3n) is 5.49. The monoisotopic (exact) mass is 393 g/mol. The molecule has 1 fully saturated rings. The molecule has 1 saturated heterocycles. The minimum Gasteiger partial charge on any atom is -0.493 e. The fourth-order valence-corrected chi connectivity index (χ4v) is 4.14. The Hall–Kier alpha value is -3.02. The number of rotatable bonds is 7. The Morgan fingerprint density at radius 2 is 1.90 bits per heavy atom. The Labute approximate surface area is 171 Å². The van der Waals surface area contributed by atoms with Gasteiger partial charge in [-0.3, -0.25) is 4.79 Å². The molecule has 0 unspecified atom stereocenters. The highest BCUT2D eigenvalue weighted by molar-refractivity contribution is 5.77. The molecule has 0 bridgehead atoms. The molecule has 6 nitrogen and oxygen atoms in total. The molecule has 152 valence electrons. The summed E-state index contributed by atoms with van der Waals surface area (Å²) >= 11 is 0. The number of likely N-dealkylation sites (tertiary alicyclic amines) is 1. The summed E-state index contributed by atoms with van der Waals surface area (Å²) in [6, 6.07) is 15.9. The van der Waals surface area contributed by atoms with Crippen LogP contribution in [0.1, 0.15) is 38.1 Å². The number of amides is 1. The first-order chi connectivity index (χ1) is 14.2. The van der Waals surface area contributed by atoms with Gasteiger partial charge in [0, 0.05) is 20.0 Å². The molecule has 2 aromatic carbocycles. The summed E-state index contributed by atoms with van der Waals surface area (Å²) in [5.74, 6) is 2.59. The second kappa shape index (κ2) is 8.55. The van der Waals surface area contributed by atoms with Crippen LogP contribution < -0.4 is 9.47 Å². The van der Waals surface area contributed by atoms with E-state index < -0.39 is 0 Å². The molecule has 0 spiro atoms. The summed E-state index contributed by atoms with van der Waals surface area (Å²) in [5.41, 5.74) is 2.08. The lowest BCUT2D eigenvalue weighted by Crippen LogP contribution is -2.30. The highest BCUT2D eigenvalue weighted by Gasteiger charge is 2.32. The third kappa shape index (κ3) is 3.92. The van der Waals surface area contributed by atoms with Gasteiger partial charge in [-0.15, -0.1) is 0 Å². The Morgan fingerprint density at radius 3 is 2.69 bits per heavy atom. The largest absolute Gasteiger partial charge is 0.493 e. The Balaban J connectivity index is 1.52. The third-order valence-corrected chi connectivity index (χ3v) is 5.49. The van der Waals surface area contributed by atoms with Crippen LogP contribution in [0.25, 0.3) is 11.0 Å². The number of benzene rings is 2. The van der Waals surface area contributed by atoms with Gasteiger partial charge in [0.15, 0.2) is 11.5 Å². The number of para-hydroxylation sites is 4. The summed E-state index contributed by atoms with van der Waals surface area (Å²) < 4.78 is 13.5. The summed E-state index contributed by atoms with van der Waals surface area (Å²) in [5, 5.41) is 0. The van der Waals surface area contributed by atoms with Gasteiger partial charge in [0.25, 0.3) is 0 Å². The van der Waals surface area contributed by atoms with Crippen LogP contribution in [-0.4, -0.2) is 40.6 Å². The van der Waals surface area contributed by atoms with Gasteiger partial charge in [-0.2, -0.15) is 0 Å². The highest BCUT2D eigenvalue weighted by Crippen LogP contribution is 2.33. The first-order valence-electron chi connectivity index (χ1n) is 10.2. The molecule has 1 amide bonds. The smallest absolute Gasteiger partial charge is 0.220 e. The molecule has 6 heteroatoms. The molecule has 0 radical (unpaired) electrons. The van der Waals surface area contributed by atoms with E-state index in [0.29, 0.717) is 6.61 Å². The van der Waals surface area contributed by atoms with Crippen LogP contribution in [0.15, 0.2) is 48.5 Å². The van der Waals surface area contributed by atoms with Crippen molar-refractivity contribution in [1.82, 2.24) is 14.5 Å². The Morgan fingerprint density at radius 1 is 1.14 bits per heavy atom. The van der Waals surface area contributed by atoms with Crippen molar-refractivity contribution in [1.29, 1.82) is 0 Å². The molecular formula is C23H27N3O3. The molecule has 4 rings (SSSR count). The van der Waals surface area contributed by atoms with E-state index in [-0.39, 0.29) is 11.9 Å². The van der Waals surface area contributed by atoms with Crippen LogP contribution in [0.2, 0.25) is 0 Å². The maximum Gasteiger partial charge on any atom is 0.220 e. The van der Waals surface area contributed by atoms with Crippen LogP contribution in [0.5, 0.6) is 11.5 Å². The Kier molecular flexibility index (Phi) is 5.69. The minimum atomic E-state index is 0.0510. The van der Waals surface area contributed by atoms with E-state index in [1.165, 1.54) is 0 Å². The SMILES string of the molecule is COc1ccccc1OCCCn1c([C@H]2CCCN2C(C)=O)nc2ccccc21. The number of nitrogens with zero attached hydrogens (tertiary/aromatic N) is 3. The van der Waals surface area contributed by atoms with Crippen molar-refractivity contribution < 1.29 is 14.3 Å². The standard InChI is InChI=1S/C23H27N3O3/c1-17(27)25-14-7-11-20(25)23-24-18-9-3-4-10-19(18)26(23)15-8-16-29-22-13-6-5-12-21(22)28-2/h3-6,9-10,12-13,20H,7-8,11,14-16H2,1-2H3/t20-/m1/s1. The number of carbonyl (C=O) groups excluding carboxylic acids is 1. The summed E-state index contributed by atoms with van der Waals surface area (Å²) in [7, 11) is 1.65. The van der Waals surface area contributed by atoms with E-state index in [0.717, 1.165) is 60.7 Å². The summed E-state index contributed by atoms with van der Waals surface area (Å²) in [6.07, 6.45) is 2.81. The molecule has 0 saturated carbocycles. The van der Waals surface area contributed by atoms with Crippen LogP contribution >= 0.6 is 0 Å². The normalized spacial score (nSPS) is 16.3. The van der Waals surface area contributed by atoms with Gasteiger partial charge in [-0.1, -0.05) is 24.3 Å². The average molecular weight is 393 g/mol. The van der Waals surface area contributed by atoms with Crippen molar-refractivity contribution in [3.8, 4) is 11.5 Å². The average Bonchev–Trinajstić information content (AvgIpc) is 3.36. The molecule has 2 heterocycles. The number of aromatic nitrogens is 2. The maximum absolute atomic E-state index is 12.1. The van der Waals surface area contributed by atoms with Crippen LogP contribution in [0.4, 0.5) is 0 Å². The van der Waals surface area contributed by atoms with Gasteiger partial charge in [0.05, 0.1) is 30.8 Å². The minimum absolute atomic E-state index is 0.0510. The van der Waals surface area contributed by atoms with Gasteiger partial charge in [-0.25, -0.2) is 4.98 Å². The topological polar surface area (TPSA) is 56.6 Å². The predicted molar refractivity (Wildman–Crippen MR) is 112 cm³/mol. The molecule has 1 aromatic heterocycles. The maximum atomic E-state index is 12.1. The van der Waals surface area contributed by atoms with Crippen molar-refractivity contribution >= 4 is 16.9 Å². The number of fused-ring (bicyclic) bond motifs is 1. The van der Waals surface area contributed by atoms with Crippen molar-refractivity contribution in [2.75, 3.05) is 20.3 Å². The number of ether oxygens (including phenoxy) is 2. The highest BCUT2D eigenvalue weighted by atomic mass is 16.5. The van der Waals surface area contributed by atoms with Gasteiger partial charge in [0.1, 0.15) is 5.82 Å². The number of imidazole rings is 1. The predicted octanol–water partition coefficient (Wildman–Crippen LogP) is 4.20. The molecular weight excluding hydrogens is 366 g/mol. The Bertz CT molecular complexity index is 998. The van der Waals surface area contributed by atoms with Crippen molar-refractivity contribution in [3.05, 3.63) is 54.4 Å². The van der Waals surface area contributed by atoms with Gasteiger partial charge in [0.2, 0.25) is 5.91 Å². The van der Waals surface area contributed by atoms with Gasteiger partial charge in [-0.05, 0) is 43.5 Å². The molecule has 29 heavy (non-hydrogen) atoms. The van der Waals surface area contributed by atoms with E-state index in [2.05, 4.69) is 10.6 Å². The zero-order chi connectivity index (χ0) is 20.2. The van der Waals surface area contributed by atoms with Crippen molar-refractivity contribution in [3.63, 3.8) is 0 Å². The fourth-order valence-electron chi connectivity index (χ4n) is 4.14.